The first-order valence-electron chi connectivity index (χ1n) is 11.5. The third-order valence-corrected chi connectivity index (χ3v) is 5.70. The molecule has 0 aliphatic heterocycles. The zero-order chi connectivity index (χ0) is 25.4. The molecule has 180 valence electrons. The smallest absolute Gasteiger partial charge is 0.331 e. The van der Waals surface area contributed by atoms with Crippen molar-refractivity contribution >= 4 is 23.6 Å². The number of aromatic nitrogens is 2. The largest absolute Gasteiger partial charge is 0.449 e. The van der Waals surface area contributed by atoms with Crippen LogP contribution in [-0.2, 0) is 20.9 Å². The first-order chi connectivity index (χ1) is 16.8. The Labute approximate surface area is 206 Å². The topological polar surface area (TPSA) is 88.2 Å². The van der Waals surface area contributed by atoms with E-state index >= 15 is 0 Å². The van der Waals surface area contributed by atoms with Gasteiger partial charge in [0.15, 0.2) is 6.10 Å². The van der Waals surface area contributed by atoms with Gasteiger partial charge in [-0.3, -0.25) is 9.48 Å². The SMILES string of the molecule is Cc1ccc(Cn2nc(C)c(/C=C/C(=O)OC(C)C(=O)N(CCC#N)c3ccccc3)c2C)cc1. The van der Waals surface area contributed by atoms with Gasteiger partial charge in [0.2, 0.25) is 0 Å². The molecule has 1 amide bonds. The summed E-state index contributed by atoms with van der Waals surface area (Å²) >= 11 is 0. The highest BCUT2D eigenvalue weighted by molar-refractivity contribution is 5.98. The summed E-state index contributed by atoms with van der Waals surface area (Å²) in [5, 5.41) is 13.6. The predicted octanol–water partition coefficient (Wildman–Crippen LogP) is 4.75. The van der Waals surface area contributed by atoms with Crippen molar-refractivity contribution in [1.82, 2.24) is 9.78 Å². The van der Waals surface area contributed by atoms with Gasteiger partial charge < -0.3 is 9.64 Å². The van der Waals surface area contributed by atoms with E-state index in [0.717, 1.165) is 22.5 Å². The van der Waals surface area contributed by atoms with Crippen LogP contribution in [0.15, 0.2) is 60.7 Å². The maximum absolute atomic E-state index is 13.0. The molecule has 3 rings (SSSR count). The Balaban J connectivity index is 1.67. The number of ether oxygens (including phenoxy) is 1. The number of hydrogen-bond acceptors (Lipinski definition) is 5. The Morgan fingerprint density at radius 3 is 2.46 bits per heavy atom. The van der Waals surface area contributed by atoms with Gasteiger partial charge in [0.1, 0.15) is 0 Å². The van der Waals surface area contributed by atoms with Crippen molar-refractivity contribution in [2.24, 2.45) is 0 Å². The van der Waals surface area contributed by atoms with Crippen LogP contribution in [0.2, 0.25) is 0 Å². The Hall–Kier alpha value is -4.18. The highest BCUT2D eigenvalue weighted by Gasteiger charge is 2.24. The summed E-state index contributed by atoms with van der Waals surface area (Å²) in [5.41, 5.74) is 5.57. The molecule has 0 spiro atoms. The third-order valence-electron chi connectivity index (χ3n) is 5.70. The molecular weight excluding hydrogens is 440 g/mol. The zero-order valence-corrected chi connectivity index (χ0v) is 20.6. The summed E-state index contributed by atoms with van der Waals surface area (Å²) < 4.78 is 7.29. The number of anilines is 1. The number of amides is 1. The minimum atomic E-state index is -1.00. The molecule has 1 unspecified atom stereocenters. The molecular formula is C28H30N4O3. The molecule has 2 aromatic carbocycles. The molecule has 0 N–H and O–H groups in total. The van der Waals surface area contributed by atoms with E-state index in [4.69, 9.17) is 10.00 Å². The number of nitrogens with zero attached hydrogens (tertiary/aromatic N) is 4. The number of carbonyl (C=O) groups excluding carboxylic acids is 2. The van der Waals surface area contributed by atoms with Crippen LogP contribution in [0.4, 0.5) is 5.69 Å². The first-order valence-corrected chi connectivity index (χ1v) is 11.5. The van der Waals surface area contributed by atoms with Crippen LogP contribution < -0.4 is 4.90 Å². The number of aryl methyl sites for hydroxylation is 2. The summed E-state index contributed by atoms with van der Waals surface area (Å²) in [6.45, 7) is 8.28. The second-order valence-corrected chi connectivity index (χ2v) is 8.37. The first kappa shape index (κ1) is 25.4. The summed E-state index contributed by atoms with van der Waals surface area (Å²) in [5.74, 6) is -1.00. The van der Waals surface area contributed by atoms with Crippen LogP contribution in [0.1, 0.15) is 41.4 Å². The summed E-state index contributed by atoms with van der Waals surface area (Å²) in [4.78, 5) is 26.9. The minimum Gasteiger partial charge on any atom is -0.449 e. The fourth-order valence-electron chi connectivity index (χ4n) is 3.74. The molecule has 0 bridgehead atoms. The third kappa shape index (κ3) is 6.67. The number of nitriles is 1. The van der Waals surface area contributed by atoms with Crippen molar-refractivity contribution in [1.29, 1.82) is 5.26 Å². The van der Waals surface area contributed by atoms with Crippen LogP contribution in [0.5, 0.6) is 0 Å². The van der Waals surface area contributed by atoms with E-state index in [1.165, 1.54) is 23.5 Å². The van der Waals surface area contributed by atoms with Gasteiger partial charge in [-0.15, -0.1) is 0 Å². The van der Waals surface area contributed by atoms with Gasteiger partial charge in [-0.1, -0.05) is 48.0 Å². The molecule has 0 fully saturated rings. The fourth-order valence-corrected chi connectivity index (χ4v) is 3.74. The van der Waals surface area contributed by atoms with Crippen LogP contribution in [0, 0.1) is 32.1 Å². The molecule has 0 radical (unpaired) electrons. The van der Waals surface area contributed by atoms with Crippen LogP contribution in [0.25, 0.3) is 6.08 Å². The average Bonchev–Trinajstić information content (AvgIpc) is 3.11. The predicted molar refractivity (Wildman–Crippen MR) is 136 cm³/mol. The van der Waals surface area contributed by atoms with E-state index in [-0.39, 0.29) is 18.9 Å². The maximum Gasteiger partial charge on any atom is 0.331 e. The molecule has 0 saturated carbocycles. The van der Waals surface area contributed by atoms with E-state index < -0.39 is 12.1 Å². The minimum absolute atomic E-state index is 0.173. The Bertz CT molecular complexity index is 1240. The van der Waals surface area contributed by atoms with E-state index in [1.54, 1.807) is 18.2 Å². The molecule has 35 heavy (non-hydrogen) atoms. The normalized spacial score (nSPS) is 11.7. The lowest BCUT2D eigenvalue weighted by atomic mass is 10.1. The van der Waals surface area contributed by atoms with Crippen molar-refractivity contribution in [3.05, 3.63) is 88.8 Å². The zero-order valence-electron chi connectivity index (χ0n) is 20.6. The Morgan fingerprint density at radius 1 is 1.11 bits per heavy atom. The molecule has 3 aromatic rings. The Kier molecular flexibility index (Phi) is 8.58. The van der Waals surface area contributed by atoms with E-state index in [1.807, 2.05) is 36.7 Å². The van der Waals surface area contributed by atoms with Gasteiger partial charge in [0.25, 0.3) is 5.91 Å². The molecule has 0 saturated heterocycles. The highest BCUT2D eigenvalue weighted by Crippen LogP contribution is 2.18. The fraction of sp³-hybridized carbons (Fsp3) is 0.286. The lowest BCUT2D eigenvalue weighted by Crippen LogP contribution is -2.40. The van der Waals surface area contributed by atoms with E-state index in [2.05, 4.69) is 42.4 Å². The van der Waals surface area contributed by atoms with Gasteiger partial charge >= 0.3 is 5.97 Å². The quantitative estimate of drug-likeness (QED) is 0.333. The second-order valence-electron chi connectivity index (χ2n) is 8.37. The Morgan fingerprint density at radius 2 is 1.80 bits per heavy atom. The summed E-state index contributed by atoms with van der Waals surface area (Å²) in [6.07, 6.45) is 2.16. The van der Waals surface area contributed by atoms with Crippen molar-refractivity contribution in [2.45, 2.75) is 46.8 Å². The molecule has 7 nitrogen and oxygen atoms in total. The van der Waals surface area contributed by atoms with Gasteiger partial charge in [-0.05, 0) is 51.5 Å². The van der Waals surface area contributed by atoms with Gasteiger partial charge in [0, 0.05) is 29.6 Å². The van der Waals surface area contributed by atoms with Gasteiger partial charge in [-0.2, -0.15) is 10.4 Å². The number of hydrogen-bond donors (Lipinski definition) is 0. The molecule has 0 aliphatic rings. The van der Waals surface area contributed by atoms with Crippen molar-refractivity contribution in [3.8, 4) is 6.07 Å². The lowest BCUT2D eigenvalue weighted by molar-refractivity contribution is -0.149. The van der Waals surface area contributed by atoms with Gasteiger partial charge in [-0.25, -0.2) is 4.79 Å². The molecule has 1 heterocycles. The number of carbonyl (C=O) groups is 2. The number of esters is 1. The summed E-state index contributed by atoms with van der Waals surface area (Å²) in [7, 11) is 0. The van der Waals surface area contributed by atoms with Crippen molar-refractivity contribution in [3.63, 3.8) is 0 Å². The van der Waals surface area contributed by atoms with Crippen molar-refractivity contribution in [2.75, 3.05) is 11.4 Å². The number of para-hydroxylation sites is 1. The van der Waals surface area contributed by atoms with Gasteiger partial charge in [0.05, 0.1) is 24.7 Å². The second kappa shape index (κ2) is 11.8. The monoisotopic (exact) mass is 470 g/mol. The van der Waals surface area contributed by atoms with Crippen LogP contribution >= 0.6 is 0 Å². The standard InChI is InChI=1S/C28H30N4O3/c1-20-11-13-24(14-12-20)19-32-22(3)26(21(2)30-32)15-16-27(33)35-23(4)28(34)31(18-8-17-29)25-9-6-5-7-10-25/h5-7,9-16,23H,8,18-19H2,1-4H3/b16-15+. The summed E-state index contributed by atoms with van der Waals surface area (Å²) in [6, 6.07) is 19.4. The number of benzene rings is 2. The molecule has 1 atom stereocenters. The van der Waals surface area contributed by atoms with Crippen LogP contribution in [-0.4, -0.2) is 34.3 Å². The highest BCUT2D eigenvalue weighted by atomic mass is 16.5. The van der Waals surface area contributed by atoms with E-state index in [9.17, 15) is 9.59 Å². The molecule has 7 heteroatoms. The average molecular weight is 471 g/mol. The molecule has 1 aromatic heterocycles. The van der Waals surface area contributed by atoms with Crippen LogP contribution in [0.3, 0.4) is 0 Å². The lowest BCUT2D eigenvalue weighted by Gasteiger charge is -2.24. The van der Waals surface area contributed by atoms with Crippen molar-refractivity contribution < 1.29 is 14.3 Å². The van der Waals surface area contributed by atoms with E-state index in [0.29, 0.717) is 12.2 Å². The molecule has 0 aliphatic carbocycles. The maximum atomic E-state index is 13.0. The number of rotatable bonds is 9.